The Bertz CT molecular complexity index is 686. The van der Waals surface area contributed by atoms with E-state index in [1.54, 1.807) is 0 Å². The van der Waals surface area contributed by atoms with Crippen LogP contribution in [0.25, 0.3) is 0 Å². The zero-order valence-corrected chi connectivity index (χ0v) is 13.9. The normalized spacial score (nSPS) is 12.0. The SMILES string of the molecule is CCc1ccc(C(CO)NC(=O)c2ccc(F)c(COC)c2)cc1. The fourth-order valence-corrected chi connectivity index (χ4v) is 2.44. The van der Waals surface area contributed by atoms with Gasteiger partial charge >= 0.3 is 0 Å². The van der Waals surface area contributed by atoms with E-state index in [4.69, 9.17) is 4.74 Å². The second-order valence-electron chi connectivity index (χ2n) is 5.54. The van der Waals surface area contributed by atoms with E-state index in [1.807, 2.05) is 24.3 Å². The molecular formula is C19H22FNO3. The Balaban J connectivity index is 2.15. The number of halogens is 1. The number of benzene rings is 2. The number of amides is 1. The second-order valence-corrected chi connectivity index (χ2v) is 5.54. The van der Waals surface area contributed by atoms with Crippen LogP contribution in [0.15, 0.2) is 42.5 Å². The molecule has 2 rings (SSSR count). The fraction of sp³-hybridized carbons (Fsp3) is 0.316. The number of aliphatic hydroxyl groups is 1. The molecule has 0 aliphatic carbocycles. The molecule has 24 heavy (non-hydrogen) atoms. The van der Waals surface area contributed by atoms with Gasteiger partial charge < -0.3 is 15.2 Å². The van der Waals surface area contributed by atoms with Crippen LogP contribution in [0.5, 0.6) is 0 Å². The summed E-state index contributed by atoms with van der Waals surface area (Å²) in [6, 6.07) is 11.3. The van der Waals surface area contributed by atoms with Gasteiger partial charge in [0.05, 0.1) is 19.3 Å². The zero-order chi connectivity index (χ0) is 17.5. The Morgan fingerprint density at radius 3 is 2.54 bits per heavy atom. The third kappa shape index (κ3) is 4.40. The predicted molar refractivity (Wildman–Crippen MR) is 90.2 cm³/mol. The first kappa shape index (κ1) is 18.1. The monoisotopic (exact) mass is 331 g/mol. The lowest BCUT2D eigenvalue weighted by Gasteiger charge is -2.17. The minimum Gasteiger partial charge on any atom is -0.394 e. The van der Waals surface area contributed by atoms with Crippen LogP contribution in [0.1, 0.15) is 40.0 Å². The lowest BCUT2D eigenvalue weighted by Crippen LogP contribution is -2.30. The van der Waals surface area contributed by atoms with Crippen LogP contribution in [0.4, 0.5) is 4.39 Å². The van der Waals surface area contributed by atoms with Crippen LogP contribution in [-0.2, 0) is 17.8 Å². The quantitative estimate of drug-likeness (QED) is 0.820. The molecule has 5 heteroatoms. The van der Waals surface area contributed by atoms with Crippen LogP contribution in [0.2, 0.25) is 0 Å². The van der Waals surface area contributed by atoms with E-state index in [0.717, 1.165) is 12.0 Å². The molecule has 1 unspecified atom stereocenters. The molecule has 128 valence electrons. The van der Waals surface area contributed by atoms with E-state index < -0.39 is 11.9 Å². The van der Waals surface area contributed by atoms with Crippen molar-refractivity contribution in [3.63, 3.8) is 0 Å². The fourth-order valence-electron chi connectivity index (χ4n) is 2.44. The van der Waals surface area contributed by atoms with E-state index in [9.17, 15) is 14.3 Å². The highest BCUT2D eigenvalue weighted by Gasteiger charge is 2.16. The van der Waals surface area contributed by atoms with Crippen LogP contribution in [-0.4, -0.2) is 24.7 Å². The first-order chi connectivity index (χ1) is 11.6. The van der Waals surface area contributed by atoms with E-state index in [2.05, 4.69) is 12.2 Å². The van der Waals surface area contributed by atoms with Gasteiger partial charge in [-0.1, -0.05) is 31.2 Å². The lowest BCUT2D eigenvalue weighted by atomic mass is 10.0. The van der Waals surface area contributed by atoms with Crippen molar-refractivity contribution in [1.29, 1.82) is 0 Å². The van der Waals surface area contributed by atoms with Gasteiger partial charge in [-0.25, -0.2) is 4.39 Å². The molecule has 0 aliphatic rings. The maximum atomic E-state index is 13.6. The van der Waals surface area contributed by atoms with Gasteiger partial charge in [0.1, 0.15) is 5.82 Å². The Morgan fingerprint density at radius 2 is 1.96 bits per heavy atom. The van der Waals surface area contributed by atoms with Gasteiger partial charge in [-0.2, -0.15) is 0 Å². The molecule has 1 atom stereocenters. The van der Waals surface area contributed by atoms with Crippen molar-refractivity contribution in [2.45, 2.75) is 26.0 Å². The molecule has 2 aromatic carbocycles. The number of nitrogens with one attached hydrogen (secondary N) is 1. The van der Waals surface area contributed by atoms with E-state index >= 15 is 0 Å². The lowest BCUT2D eigenvalue weighted by molar-refractivity contribution is 0.0915. The number of hydrogen-bond acceptors (Lipinski definition) is 3. The molecule has 0 bridgehead atoms. The molecule has 2 N–H and O–H groups in total. The molecule has 0 aliphatic heterocycles. The maximum absolute atomic E-state index is 13.6. The molecular weight excluding hydrogens is 309 g/mol. The number of methoxy groups -OCH3 is 1. The molecule has 0 saturated heterocycles. The standard InChI is InChI=1S/C19H22FNO3/c1-3-13-4-6-14(7-5-13)18(11-22)21-19(23)15-8-9-17(20)16(10-15)12-24-2/h4-10,18,22H,3,11-12H2,1-2H3,(H,21,23). The predicted octanol–water partition coefficient (Wildman–Crippen LogP) is 3.00. The summed E-state index contributed by atoms with van der Waals surface area (Å²) in [5.74, 6) is -0.784. The van der Waals surface area contributed by atoms with E-state index in [-0.39, 0.29) is 19.1 Å². The minimum absolute atomic E-state index is 0.0921. The van der Waals surface area contributed by atoms with Gasteiger partial charge in [0, 0.05) is 18.2 Å². The number of carbonyl (C=O) groups excluding carboxylic acids is 1. The van der Waals surface area contributed by atoms with Crippen molar-refractivity contribution < 1.29 is 19.0 Å². The topological polar surface area (TPSA) is 58.6 Å². The molecule has 1 amide bonds. The van der Waals surface area contributed by atoms with Gasteiger partial charge in [-0.05, 0) is 35.7 Å². The van der Waals surface area contributed by atoms with Crippen molar-refractivity contribution >= 4 is 5.91 Å². The molecule has 4 nitrogen and oxygen atoms in total. The minimum atomic E-state index is -0.515. The number of aryl methyl sites for hydroxylation is 1. The summed E-state index contributed by atoms with van der Waals surface area (Å²) in [7, 11) is 1.47. The highest BCUT2D eigenvalue weighted by molar-refractivity contribution is 5.94. The maximum Gasteiger partial charge on any atom is 0.251 e. The van der Waals surface area contributed by atoms with E-state index in [0.29, 0.717) is 11.1 Å². The van der Waals surface area contributed by atoms with Crippen molar-refractivity contribution in [3.8, 4) is 0 Å². The molecule has 2 aromatic rings. The van der Waals surface area contributed by atoms with Crippen LogP contribution >= 0.6 is 0 Å². The van der Waals surface area contributed by atoms with Gasteiger partial charge in [0.2, 0.25) is 0 Å². The summed E-state index contributed by atoms with van der Waals surface area (Å²) in [4.78, 5) is 12.4. The van der Waals surface area contributed by atoms with Crippen LogP contribution in [0, 0.1) is 5.82 Å². The largest absolute Gasteiger partial charge is 0.394 e. The number of ether oxygens (including phenoxy) is 1. The summed E-state index contributed by atoms with van der Waals surface area (Å²) < 4.78 is 18.6. The smallest absolute Gasteiger partial charge is 0.251 e. The van der Waals surface area contributed by atoms with Gasteiger partial charge in [0.15, 0.2) is 0 Å². The van der Waals surface area contributed by atoms with Gasteiger partial charge in [-0.3, -0.25) is 4.79 Å². The highest BCUT2D eigenvalue weighted by Crippen LogP contribution is 2.16. The molecule has 0 spiro atoms. The van der Waals surface area contributed by atoms with Crippen molar-refractivity contribution in [2.24, 2.45) is 0 Å². The summed E-state index contributed by atoms with van der Waals surface area (Å²) in [6.07, 6.45) is 0.925. The summed E-state index contributed by atoms with van der Waals surface area (Å²) >= 11 is 0. The number of carbonyl (C=O) groups is 1. The second kappa shape index (κ2) is 8.57. The molecule has 0 heterocycles. The third-order valence-corrected chi connectivity index (χ3v) is 3.89. The Morgan fingerprint density at radius 1 is 1.25 bits per heavy atom. The number of rotatable bonds is 7. The summed E-state index contributed by atoms with van der Waals surface area (Å²) in [5.41, 5.74) is 2.65. The average Bonchev–Trinajstić information content (AvgIpc) is 2.61. The summed E-state index contributed by atoms with van der Waals surface area (Å²) in [6.45, 7) is 1.94. The molecule has 0 aromatic heterocycles. The molecule has 0 radical (unpaired) electrons. The van der Waals surface area contributed by atoms with Crippen LogP contribution < -0.4 is 5.32 Å². The summed E-state index contributed by atoms with van der Waals surface area (Å²) in [5, 5.41) is 12.4. The molecule has 0 fully saturated rings. The Labute approximate surface area is 141 Å². The average molecular weight is 331 g/mol. The van der Waals surface area contributed by atoms with Gasteiger partial charge in [-0.15, -0.1) is 0 Å². The van der Waals surface area contributed by atoms with Crippen molar-refractivity contribution in [1.82, 2.24) is 5.32 Å². The first-order valence-electron chi connectivity index (χ1n) is 7.87. The third-order valence-electron chi connectivity index (χ3n) is 3.89. The van der Waals surface area contributed by atoms with Crippen molar-refractivity contribution in [3.05, 3.63) is 70.5 Å². The van der Waals surface area contributed by atoms with Crippen molar-refractivity contribution in [2.75, 3.05) is 13.7 Å². The number of hydrogen-bond donors (Lipinski definition) is 2. The number of aliphatic hydroxyl groups excluding tert-OH is 1. The molecule has 0 saturated carbocycles. The van der Waals surface area contributed by atoms with E-state index in [1.165, 1.54) is 30.9 Å². The highest BCUT2D eigenvalue weighted by atomic mass is 19.1. The van der Waals surface area contributed by atoms with Crippen LogP contribution in [0.3, 0.4) is 0 Å². The first-order valence-corrected chi connectivity index (χ1v) is 7.87. The Kier molecular flexibility index (Phi) is 6.46. The Hall–Kier alpha value is -2.24. The zero-order valence-electron chi connectivity index (χ0n) is 13.9. The van der Waals surface area contributed by atoms with Gasteiger partial charge in [0.25, 0.3) is 5.91 Å².